The number of aryl methyl sites for hydroxylation is 1. The van der Waals surface area contributed by atoms with Crippen LogP contribution in [-0.2, 0) is 6.54 Å². The number of ether oxygens (including phenoxy) is 2. The normalized spacial score (nSPS) is 14.6. The molecular weight excluding hydrogens is 505 g/mol. The molecule has 0 radical (unpaired) electrons. The number of piperidine rings is 1. The van der Waals surface area contributed by atoms with E-state index >= 15 is 0 Å². The molecule has 0 aliphatic carbocycles. The van der Waals surface area contributed by atoms with Gasteiger partial charge in [0.25, 0.3) is 0 Å². The van der Waals surface area contributed by atoms with Crippen LogP contribution in [-0.4, -0.2) is 50.8 Å². The number of halogens is 1. The van der Waals surface area contributed by atoms with Gasteiger partial charge in [-0.05, 0) is 38.8 Å². The molecule has 3 rings (SSSR count). The van der Waals surface area contributed by atoms with Crippen LogP contribution in [0.5, 0.6) is 11.5 Å². The molecule has 1 aliphatic heterocycles. The minimum absolute atomic E-state index is 0. The second-order valence-electron chi connectivity index (χ2n) is 7.44. The van der Waals surface area contributed by atoms with Gasteiger partial charge in [0.2, 0.25) is 0 Å². The Kier molecular flexibility index (Phi) is 10.2. The Balaban J connectivity index is 0.00000341. The summed E-state index contributed by atoms with van der Waals surface area (Å²) in [5.74, 6) is 2.48. The number of guanidine groups is 1. The van der Waals surface area contributed by atoms with Crippen molar-refractivity contribution in [2.24, 2.45) is 4.99 Å². The number of methoxy groups -OCH3 is 2. The Morgan fingerprint density at radius 1 is 1.13 bits per heavy atom. The zero-order valence-electron chi connectivity index (χ0n) is 18.9. The first-order chi connectivity index (χ1) is 14.6. The quantitative estimate of drug-likeness (QED) is 0.318. The zero-order chi connectivity index (χ0) is 21.3. The van der Waals surface area contributed by atoms with Gasteiger partial charge in [0.05, 0.1) is 26.5 Å². The maximum absolute atomic E-state index is 5.41. The van der Waals surface area contributed by atoms with Crippen molar-refractivity contribution in [1.82, 2.24) is 15.6 Å². The van der Waals surface area contributed by atoms with Crippen molar-refractivity contribution in [2.45, 2.75) is 39.3 Å². The molecule has 0 unspecified atom stereocenters. The average Bonchev–Trinajstić information content (AvgIpc) is 2.77. The van der Waals surface area contributed by atoms with Gasteiger partial charge in [0, 0.05) is 55.3 Å². The maximum atomic E-state index is 5.41. The first-order valence-corrected chi connectivity index (χ1v) is 10.6. The molecule has 2 aromatic rings. The zero-order valence-corrected chi connectivity index (χ0v) is 21.2. The third-order valence-electron chi connectivity index (χ3n) is 5.23. The second kappa shape index (κ2) is 12.6. The van der Waals surface area contributed by atoms with Crippen molar-refractivity contribution in [1.29, 1.82) is 0 Å². The molecule has 0 spiro atoms. The number of anilines is 1. The van der Waals surface area contributed by atoms with Crippen LogP contribution >= 0.6 is 24.0 Å². The summed E-state index contributed by atoms with van der Waals surface area (Å²) in [6.45, 7) is 7.41. The Bertz CT molecular complexity index is 831. The lowest BCUT2D eigenvalue weighted by Gasteiger charge is -2.34. The first kappa shape index (κ1) is 25.0. The Labute approximate surface area is 202 Å². The van der Waals surface area contributed by atoms with Crippen molar-refractivity contribution in [3.8, 4) is 11.5 Å². The molecule has 1 fully saturated rings. The van der Waals surface area contributed by atoms with Gasteiger partial charge in [-0.1, -0.05) is 6.07 Å². The first-order valence-electron chi connectivity index (χ1n) is 10.6. The van der Waals surface area contributed by atoms with Crippen LogP contribution in [0.15, 0.2) is 41.4 Å². The van der Waals surface area contributed by atoms with Gasteiger partial charge in [-0.2, -0.15) is 0 Å². The molecule has 2 N–H and O–H groups in total. The number of hydrogen-bond acceptors (Lipinski definition) is 5. The van der Waals surface area contributed by atoms with Crippen molar-refractivity contribution in [3.63, 3.8) is 0 Å². The molecule has 1 aliphatic rings. The molecule has 0 atom stereocenters. The Hall–Kier alpha value is -2.23. The van der Waals surface area contributed by atoms with E-state index in [0.29, 0.717) is 12.6 Å². The number of pyridine rings is 1. The number of aliphatic imine (C=N–C) groups is 1. The number of aromatic nitrogens is 1. The van der Waals surface area contributed by atoms with Gasteiger partial charge in [-0.25, -0.2) is 4.99 Å². The minimum atomic E-state index is 0. The summed E-state index contributed by atoms with van der Waals surface area (Å²) in [4.78, 5) is 11.6. The van der Waals surface area contributed by atoms with E-state index in [1.807, 2.05) is 31.2 Å². The molecule has 1 aromatic carbocycles. The number of nitrogens with one attached hydrogen (secondary N) is 2. The summed E-state index contributed by atoms with van der Waals surface area (Å²) < 4.78 is 10.8. The van der Waals surface area contributed by atoms with Crippen LogP contribution in [0.3, 0.4) is 0 Å². The predicted octanol–water partition coefficient (Wildman–Crippen LogP) is 3.75. The number of hydrogen-bond donors (Lipinski definition) is 2. The monoisotopic (exact) mass is 539 g/mol. The predicted molar refractivity (Wildman–Crippen MR) is 137 cm³/mol. The van der Waals surface area contributed by atoms with Crippen LogP contribution in [0.1, 0.15) is 31.2 Å². The van der Waals surface area contributed by atoms with Crippen LogP contribution in [0, 0.1) is 6.92 Å². The molecule has 0 bridgehead atoms. The third-order valence-corrected chi connectivity index (χ3v) is 5.23. The van der Waals surface area contributed by atoms with Gasteiger partial charge in [0.1, 0.15) is 11.5 Å². The van der Waals surface area contributed by atoms with Crippen molar-refractivity contribution in [3.05, 3.63) is 47.8 Å². The van der Waals surface area contributed by atoms with Gasteiger partial charge >= 0.3 is 0 Å². The van der Waals surface area contributed by atoms with Crippen LogP contribution in [0.25, 0.3) is 0 Å². The fourth-order valence-electron chi connectivity index (χ4n) is 3.62. The molecule has 0 amide bonds. The largest absolute Gasteiger partial charge is 0.497 e. The highest BCUT2D eigenvalue weighted by molar-refractivity contribution is 14.0. The summed E-state index contributed by atoms with van der Waals surface area (Å²) in [6.07, 6.45) is 2.07. The smallest absolute Gasteiger partial charge is 0.191 e. The molecule has 1 aromatic heterocycles. The fraction of sp³-hybridized carbons (Fsp3) is 0.478. The number of nitrogens with zero attached hydrogens (tertiary/aromatic N) is 3. The van der Waals surface area contributed by atoms with Crippen molar-refractivity contribution in [2.75, 3.05) is 38.8 Å². The summed E-state index contributed by atoms with van der Waals surface area (Å²) in [6, 6.07) is 12.5. The molecule has 31 heavy (non-hydrogen) atoms. The summed E-state index contributed by atoms with van der Waals surface area (Å²) >= 11 is 0. The molecule has 170 valence electrons. The van der Waals surface area contributed by atoms with E-state index in [0.717, 1.165) is 67.0 Å². The third kappa shape index (κ3) is 7.45. The van der Waals surface area contributed by atoms with Crippen LogP contribution in [0.2, 0.25) is 0 Å². The lowest BCUT2D eigenvalue weighted by Crippen LogP contribution is -2.48. The van der Waals surface area contributed by atoms with E-state index in [4.69, 9.17) is 14.5 Å². The van der Waals surface area contributed by atoms with Crippen molar-refractivity contribution < 1.29 is 9.47 Å². The Morgan fingerprint density at radius 3 is 2.39 bits per heavy atom. The highest BCUT2D eigenvalue weighted by Gasteiger charge is 2.21. The van der Waals surface area contributed by atoms with Gasteiger partial charge < -0.3 is 25.0 Å². The molecule has 8 heteroatoms. The van der Waals surface area contributed by atoms with E-state index in [1.54, 1.807) is 14.2 Å². The minimum Gasteiger partial charge on any atom is -0.497 e. The molecule has 2 heterocycles. The second-order valence-corrected chi connectivity index (χ2v) is 7.44. The molecule has 0 saturated carbocycles. The van der Waals surface area contributed by atoms with E-state index in [1.165, 1.54) is 0 Å². The van der Waals surface area contributed by atoms with E-state index in [2.05, 4.69) is 39.6 Å². The fourth-order valence-corrected chi connectivity index (χ4v) is 3.62. The molecule has 7 nitrogen and oxygen atoms in total. The standard InChI is InChI=1S/C23H33N5O2.HI/c1-5-24-23(25-16-19-8-6-7-17(2)26-19)27-18-9-11-28(12-10-18)20-13-21(29-3)15-22(14-20)30-4;/h6-8,13-15,18H,5,9-12,16H2,1-4H3,(H2,24,25,27);1H. The number of rotatable bonds is 7. The summed E-state index contributed by atoms with van der Waals surface area (Å²) in [5, 5.41) is 6.95. The lowest BCUT2D eigenvalue weighted by atomic mass is 10.0. The highest BCUT2D eigenvalue weighted by Crippen LogP contribution is 2.30. The SMILES string of the molecule is CCNC(=NCc1cccc(C)n1)NC1CCN(c2cc(OC)cc(OC)c2)CC1.I. The molecular formula is C23H34IN5O2. The van der Waals surface area contributed by atoms with E-state index < -0.39 is 0 Å². The molecule has 1 saturated heterocycles. The summed E-state index contributed by atoms with van der Waals surface area (Å²) in [7, 11) is 3.37. The van der Waals surface area contributed by atoms with E-state index in [-0.39, 0.29) is 24.0 Å². The van der Waals surface area contributed by atoms with Gasteiger partial charge in [-0.3, -0.25) is 4.98 Å². The highest BCUT2D eigenvalue weighted by atomic mass is 127. The maximum Gasteiger partial charge on any atom is 0.191 e. The lowest BCUT2D eigenvalue weighted by molar-refractivity contribution is 0.393. The van der Waals surface area contributed by atoms with E-state index in [9.17, 15) is 0 Å². The summed E-state index contributed by atoms with van der Waals surface area (Å²) in [5.41, 5.74) is 3.13. The van der Waals surface area contributed by atoms with Crippen molar-refractivity contribution >= 4 is 35.6 Å². The van der Waals surface area contributed by atoms with Gasteiger partial charge in [-0.15, -0.1) is 24.0 Å². The Morgan fingerprint density at radius 2 is 1.81 bits per heavy atom. The number of benzene rings is 1. The van der Waals surface area contributed by atoms with Crippen LogP contribution in [0.4, 0.5) is 5.69 Å². The topological polar surface area (TPSA) is 71.0 Å². The van der Waals surface area contributed by atoms with Gasteiger partial charge in [0.15, 0.2) is 5.96 Å². The average molecular weight is 539 g/mol. The van der Waals surface area contributed by atoms with Crippen LogP contribution < -0.4 is 25.0 Å².